The van der Waals surface area contributed by atoms with Gasteiger partial charge in [0.25, 0.3) is 0 Å². The average molecular weight is 277 g/mol. The molecule has 5 heteroatoms. The van der Waals surface area contributed by atoms with Crippen molar-refractivity contribution in [3.05, 3.63) is 22.2 Å². The van der Waals surface area contributed by atoms with E-state index >= 15 is 0 Å². The Morgan fingerprint density at radius 1 is 1.67 bits per heavy atom. The Morgan fingerprint density at radius 2 is 2.50 bits per heavy atom. The quantitative estimate of drug-likeness (QED) is 0.713. The van der Waals surface area contributed by atoms with Crippen molar-refractivity contribution >= 4 is 28.7 Å². The Labute approximate surface area is 83.5 Å². The van der Waals surface area contributed by atoms with E-state index in [0.29, 0.717) is 0 Å². The molecule has 2 rings (SSSR count). The lowest BCUT2D eigenvalue weighted by Gasteiger charge is -2.15. The number of nitrogens with one attached hydrogen (secondary N) is 1. The standard InChI is InChI=1S/C7H8IN3O/c8-11-4-5-2-1-3-9-6(5)10-7(11)12/h4H,1-3H2,(H,9,10,12). The van der Waals surface area contributed by atoms with E-state index in [1.54, 1.807) is 0 Å². The predicted molar refractivity (Wildman–Crippen MR) is 54.7 cm³/mol. The molecule has 0 spiro atoms. The molecular formula is C7H8IN3O. The van der Waals surface area contributed by atoms with Crippen molar-refractivity contribution in [2.45, 2.75) is 12.8 Å². The van der Waals surface area contributed by atoms with Gasteiger partial charge < -0.3 is 5.32 Å². The third-order valence-corrected chi connectivity index (χ3v) is 2.57. The number of halogens is 1. The molecule has 64 valence electrons. The highest BCUT2D eigenvalue weighted by Gasteiger charge is 2.10. The van der Waals surface area contributed by atoms with Crippen molar-refractivity contribution in [1.29, 1.82) is 0 Å². The van der Waals surface area contributed by atoms with Crippen molar-refractivity contribution in [3.8, 4) is 0 Å². The topological polar surface area (TPSA) is 46.9 Å². The minimum absolute atomic E-state index is 0.205. The van der Waals surface area contributed by atoms with Gasteiger partial charge in [-0.3, -0.25) is 0 Å². The maximum absolute atomic E-state index is 11.1. The smallest absolute Gasteiger partial charge is 0.358 e. The fraction of sp³-hybridized carbons (Fsp3) is 0.429. The van der Waals surface area contributed by atoms with Gasteiger partial charge in [0.2, 0.25) is 0 Å². The van der Waals surface area contributed by atoms with Gasteiger partial charge in [0.05, 0.1) is 22.9 Å². The first-order chi connectivity index (χ1) is 5.77. The molecule has 12 heavy (non-hydrogen) atoms. The number of aromatic nitrogens is 2. The van der Waals surface area contributed by atoms with Gasteiger partial charge in [0.1, 0.15) is 5.82 Å². The van der Waals surface area contributed by atoms with Crippen molar-refractivity contribution in [1.82, 2.24) is 7.76 Å². The molecule has 0 saturated carbocycles. The van der Waals surface area contributed by atoms with Crippen LogP contribution in [0, 0.1) is 0 Å². The van der Waals surface area contributed by atoms with E-state index in [0.717, 1.165) is 30.8 Å². The molecule has 0 saturated heterocycles. The van der Waals surface area contributed by atoms with E-state index in [2.05, 4.69) is 10.3 Å². The van der Waals surface area contributed by atoms with E-state index < -0.39 is 0 Å². The maximum Gasteiger partial charge on any atom is 0.358 e. The Morgan fingerprint density at radius 3 is 3.33 bits per heavy atom. The summed E-state index contributed by atoms with van der Waals surface area (Å²) in [5, 5.41) is 3.10. The summed E-state index contributed by atoms with van der Waals surface area (Å²) in [5.41, 5.74) is 0.930. The summed E-state index contributed by atoms with van der Waals surface area (Å²) in [7, 11) is 0. The summed E-state index contributed by atoms with van der Waals surface area (Å²) in [6.07, 6.45) is 3.97. The lowest BCUT2D eigenvalue weighted by molar-refractivity contribution is 0.800. The SMILES string of the molecule is O=c1nc2c(cn1I)CCCN2. The number of rotatable bonds is 0. The van der Waals surface area contributed by atoms with Crippen LogP contribution in [0.1, 0.15) is 12.0 Å². The first-order valence-electron chi connectivity index (χ1n) is 3.80. The monoisotopic (exact) mass is 277 g/mol. The first-order valence-corrected chi connectivity index (χ1v) is 4.76. The Hall–Kier alpha value is -0.590. The van der Waals surface area contributed by atoms with Gasteiger partial charge in [-0.1, -0.05) is 0 Å². The third kappa shape index (κ3) is 1.33. The first kappa shape index (κ1) is 8.03. The van der Waals surface area contributed by atoms with E-state index in [1.807, 2.05) is 29.1 Å². The van der Waals surface area contributed by atoms with Crippen LogP contribution in [-0.2, 0) is 6.42 Å². The van der Waals surface area contributed by atoms with Crippen molar-refractivity contribution < 1.29 is 0 Å². The Balaban J connectivity index is 2.56. The van der Waals surface area contributed by atoms with Gasteiger partial charge in [0.15, 0.2) is 0 Å². The molecule has 0 amide bonds. The summed E-state index contributed by atoms with van der Waals surface area (Å²) in [5.74, 6) is 0.763. The molecule has 1 N–H and O–H groups in total. The molecule has 0 unspecified atom stereocenters. The van der Waals surface area contributed by atoms with Gasteiger partial charge >= 0.3 is 5.69 Å². The fourth-order valence-electron chi connectivity index (χ4n) is 1.29. The molecule has 1 aliphatic rings. The number of fused-ring (bicyclic) bond motifs is 1. The minimum Gasteiger partial charge on any atom is -0.370 e. The van der Waals surface area contributed by atoms with Crippen LogP contribution in [0.2, 0.25) is 0 Å². The van der Waals surface area contributed by atoms with Crippen LogP contribution in [0.3, 0.4) is 0 Å². The van der Waals surface area contributed by atoms with Crippen LogP contribution in [0.25, 0.3) is 0 Å². The molecule has 2 heterocycles. The van der Waals surface area contributed by atoms with Crippen molar-refractivity contribution in [2.75, 3.05) is 11.9 Å². The molecular weight excluding hydrogens is 269 g/mol. The van der Waals surface area contributed by atoms with Gasteiger partial charge in [-0.2, -0.15) is 4.98 Å². The van der Waals surface area contributed by atoms with Crippen LogP contribution in [0.5, 0.6) is 0 Å². The van der Waals surface area contributed by atoms with Crippen LogP contribution >= 0.6 is 22.9 Å². The lowest BCUT2D eigenvalue weighted by atomic mass is 10.1. The van der Waals surface area contributed by atoms with E-state index in [4.69, 9.17) is 0 Å². The van der Waals surface area contributed by atoms with E-state index in [1.165, 1.54) is 2.78 Å². The predicted octanol–water partition coefficient (Wildman–Crippen LogP) is 0.799. The average Bonchev–Trinajstić information content (AvgIpc) is 2.07. The molecule has 0 radical (unpaired) electrons. The normalized spacial score (nSPS) is 15.1. The van der Waals surface area contributed by atoms with Gasteiger partial charge in [-0.15, -0.1) is 0 Å². The summed E-state index contributed by atoms with van der Waals surface area (Å²) in [6.45, 7) is 0.921. The van der Waals surface area contributed by atoms with Crippen LogP contribution in [-0.4, -0.2) is 14.3 Å². The molecule has 4 nitrogen and oxygen atoms in total. The van der Waals surface area contributed by atoms with Gasteiger partial charge in [-0.05, 0) is 12.8 Å². The molecule has 1 aromatic heterocycles. The summed E-state index contributed by atoms with van der Waals surface area (Å²) in [6, 6.07) is 0. The number of hydrogen-bond donors (Lipinski definition) is 1. The number of hydrogen-bond acceptors (Lipinski definition) is 3. The van der Waals surface area contributed by atoms with E-state index in [-0.39, 0.29) is 5.69 Å². The molecule has 0 atom stereocenters. The highest BCUT2D eigenvalue weighted by molar-refractivity contribution is 14.1. The van der Waals surface area contributed by atoms with E-state index in [9.17, 15) is 4.79 Å². The van der Waals surface area contributed by atoms with Crippen LogP contribution in [0.15, 0.2) is 11.0 Å². The second-order valence-electron chi connectivity index (χ2n) is 2.74. The summed E-state index contributed by atoms with van der Waals surface area (Å²) in [4.78, 5) is 15.0. The zero-order chi connectivity index (χ0) is 8.55. The van der Waals surface area contributed by atoms with Crippen LogP contribution in [0.4, 0.5) is 5.82 Å². The molecule has 0 fully saturated rings. The molecule has 1 aliphatic heterocycles. The highest BCUT2D eigenvalue weighted by Crippen LogP contribution is 2.16. The second-order valence-corrected chi connectivity index (χ2v) is 3.78. The molecule has 0 bridgehead atoms. The number of nitrogens with zero attached hydrogens (tertiary/aromatic N) is 2. The summed E-state index contributed by atoms with van der Waals surface area (Å²) < 4.78 is 1.49. The Bertz CT molecular complexity index is 360. The zero-order valence-electron chi connectivity index (χ0n) is 6.38. The maximum atomic E-state index is 11.1. The van der Waals surface area contributed by atoms with Crippen molar-refractivity contribution in [3.63, 3.8) is 0 Å². The minimum atomic E-state index is -0.205. The molecule has 1 aromatic rings. The molecule has 0 aromatic carbocycles. The number of aryl methyl sites for hydroxylation is 1. The van der Waals surface area contributed by atoms with Gasteiger partial charge in [0, 0.05) is 18.3 Å². The fourth-order valence-corrected chi connectivity index (χ4v) is 1.73. The molecule has 0 aliphatic carbocycles. The zero-order valence-corrected chi connectivity index (χ0v) is 8.54. The van der Waals surface area contributed by atoms with Gasteiger partial charge in [-0.25, -0.2) is 7.58 Å². The largest absolute Gasteiger partial charge is 0.370 e. The number of anilines is 1. The van der Waals surface area contributed by atoms with Crippen LogP contribution < -0.4 is 11.0 Å². The second kappa shape index (κ2) is 3.04. The van der Waals surface area contributed by atoms with Crippen molar-refractivity contribution in [2.24, 2.45) is 0 Å². The third-order valence-electron chi connectivity index (χ3n) is 1.88. The summed E-state index contributed by atoms with van der Waals surface area (Å²) >= 11 is 1.94. The highest BCUT2D eigenvalue weighted by atomic mass is 127. The lowest BCUT2D eigenvalue weighted by Crippen LogP contribution is -2.23. The Kier molecular flexibility index (Phi) is 2.03.